The third-order valence-electron chi connectivity index (χ3n) is 2.96. The average molecular weight is 299 g/mol. The van der Waals surface area contributed by atoms with E-state index >= 15 is 0 Å². The van der Waals surface area contributed by atoms with E-state index in [-0.39, 0.29) is 0 Å². The molecule has 0 fully saturated rings. The molecule has 0 bridgehead atoms. The molecule has 1 aromatic carbocycles. The van der Waals surface area contributed by atoms with Gasteiger partial charge < -0.3 is 5.73 Å². The molecule has 0 aliphatic rings. The van der Waals surface area contributed by atoms with Gasteiger partial charge in [0.1, 0.15) is 0 Å². The number of benzene rings is 1. The molecule has 0 saturated carbocycles. The Kier molecular flexibility index (Phi) is 6.17. The van der Waals surface area contributed by atoms with Crippen LogP contribution in [-0.4, -0.2) is 24.5 Å². The van der Waals surface area contributed by atoms with Gasteiger partial charge in [-0.15, -0.1) is 0 Å². The van der Waals surface area contributed by atoms with Crippen LogP contribution in [-0.2, 0) is 6.54 Å². The van der Waals surface area contributed by atoms with Crippen molar-refractivity contribution in [1.29, 1.82) is 0 Å². The summed E-state index contributed by atoms with van der Waals surface area (Å²) in [5.74, 6) is 0.688. The SMILES string of the molecule is CC(C)CC(CN)N(C)Cc1cccc(Br)c1. The van der Waals surface area contributed by atoms with Crippen LogP contribution < -0.4 is 5.73 Å². The lowest BCUT2D eigenvalue weighted by molar-refractivity contribution is 0.210. The Morgan fingerprint density at radius 2 is 2.06 bits per heavy atom. The number of halogens is 1. The molecule has 2 nitrogen and oxygen atoms in total. The number of hydrogen-bond donors (Lipinski definition) is 1. The van der Waals surface area contributed by atoms with Gasteiger partial charge in [-0.25, -0.2) is 0 Å². The lowest BCUT2D eigenvalue weighted by Crippen LogP contribution is -2.38. The van der Waals surface area contributed by atoms with Crippen LogP contribution in [0.15, 0.2) is 28.7 Å². The van der Waals surface area contributed by atoms with E-state index < -0.39 is 0 Å². The lowest BCUT2D eigenvalue weighted by atomic mass is 10.0. The van der Waals surface area contributed by atoms with Gasteiger partial charge in [0, 0.05) is 23.6 Å². The minimum atomic E-state index is 0.467. The lowest BCUT2D eigenvalue weighted by Gasteiger charge is -2.28. The maximum Gasteiger partial charge on any atom is 0.0234 e. The molecular weight excluding hydrogens is 276 g/mol. The maximum atomic E-state index is 5.85. The molecular formula is C14H23BrN2. The number of rotatable bonds is 6. The van der Waals surface area contributed by atoms with Gasteiger partial charge in [0.05, 0.1) is 0 Å². The van der Waals surface area contributed by atoms with Crippen molar-refractivity contribution in [3.05, 3.63) is 34.3 Å². The van der Waals surface area contributed by atoms with Crippen LogP contribution in [0.1, 0.15) is 25.8 Å². The highest BCUT2D eigenvalue weighted by atomic mass is 79.9. The number of nitrogens with two attached hydrogens (primary N) is 1. The van der Waals surface area contributed by atoms with Crippen LogP contribution in [0.25, 0.3) is 0 Å². The second kappa shape index (κ2) is 7.14. The highest BCUT2D eigenvalue weighted by Gasteiger charge is 2.14. The quantitative estimate of drug-likeness (QED) is 0.873. The van der Waals surface area contributed by atoms with Crippen LogP contribution in [0.5, 0.6) is 0 Å². The zero-order valence-electron chi connectivity index (χ0n) is 11.0. The number of likely N-dealkylation sites (N-methyl/N-ethyl adjacent to an activating group) is 1. The molecule has 0 heterocycles. The zero-order valence-corrected chi connectivity index (χ0v) is 12.6. The number of hydrogen-bond acceptors (Lipinski definition) is 2. The largest absolute Gasteiger partial charge is 0.329 e. The molecule has 1 unspecified atom stereocenters. The first-order valence-corrected chi connectivity index (χ1v) is 6.97. The van der Waals surface area contributed by atoms with Crippen molar-refractivity contribution in [2.24, 2.45) is 11.7 Å². The van der Waals surface area contributed by atoms with Crippen molar-refractivity contribution in [1.82, 2.24) is 4.90 Å². The van der Waals surface area contributed by atoms with Gasteiger partial charge in [-0.1, -0.05) is 41.9 Å². The van der Waals surface area contributed by atoms with Gasteiger partial charge in [0.15, 0.2) is 0 Å². The van der Waals surface area contributed by atoms with Crippen molar-refractivity contribution in [2.45, 2.75) is 32.9 Å². The van der Waals surface area contributed by atoms with Gasteiger partial charge >= 0.3 is 0 Å². The Balaban J connectivity index is 2.60. The summed E-state index contributed by atoms with van der Waals surface area (Å²) in [6.45, 7) is 6.17. The summed E-state index contributed by atoms with van der Waals surface area (Å²) in [5, 5.41) is 0. The van der Waals surface area contributed by atoms with Crippen LogP contribution in [0, 0.1) is 5.92 Å². The molecule has 3 heteroatoms. The predicted molar refractivity (Wildman–Crippen MR) is 77.9 cm³/mol. The van der Waals surface area contributed by atoms with Crippen molar-refractivity contribution in [3.8, 4) is 0 Å². The van der Waals surface area contributed by atoms with E-state index in [1.165, 1.54) is 5.56 Å². The predicted octanol–water partition coefficient (Wildman–Crippen LogP) is 3.25. The highest BCUT2D eigenvalue weighted by Crippen LogP contribution is 2.16. The van der Waals surface area contributed by atoms with E-state index in [0.29, 0.717) is 12.0 Å². The minimum absolute atomic E-state index is 0.467. The molecule has 0 amide bonds. The summed E-state index contributed by atoms with van der Waals surface area (Å²) in [6, 6.07) is 8.92. The van der Waals surface area contributed by atoms with Gasteiger partial charge in [0.25, 0.3) is 0 Å². The first-order chi connectivity index (χ1) is 8.02. The molecule has 96 valence electrons. The van der Waals surface area contributed by atoms with Crippen LogP contribution in [0.4, 0.5) is 0 Å². The van der Waals surface area contributed by atoms with Crippen molar-refractivity contribution in [3.63, 3.8) is 0 Å². The fraction of sp³-hybridized carbons (Fsp3) is 0.571. The Morgan fingerprint density at radius 1 is 1.35 bits per heavy atom. The van der Waals surface area contributed by atoms with Crippen molar-refractivity contribution in [2.75, 3.05) is 13.6 Å². The van der Waals surface area contributed by atoms with Crippen molar-refractivity contribution >= 4 is 15.9 Å². The van der Waals surface area contributed by atoms with Crippen LogP contribution >= 0.6 is 15.9 Å². The van der Waals surface area contributed by atoms with Gasteiger partial charge in [-0.2, -0.15) is 0 Å². The Bertz CT molecular complexity index is 339. The molecule has 0 spiro atoms. The van der Waals surface area contributed by atoms with E-state index in [9.17, 15) is 0 Å². The molecule has 1 rings (SSSR count). The second-order valence-electron chi connectivity index (χ2n) is 5.06. The Labute approximate surface area is 113 Å². The smallest absolute Gasteiger partial charge is 0.0234 e. The van der Waals surface area contributed by atoms with Gasteiger partial charge in [-0.05, 0) is 37.1 Å². The molecule has 0 saturated heterocycles. The summed E-state index contributed by atoms with van der Waals surface area (Å²) in [5.41, 5.74) is 7.18. The third kappa shape index (κ3) is 5.19. The van der Waals surface area contributed by atoms with Crippen LogP contribution in [0.2, 0.25) is 0 Å². The fourth-order valence-electron chi connectivity index (χ4n) is 2.05. The molecule has 1 atom stereocenters. The van der Waals surface area contributed by atoms with Crippen LogP contribution in [0.3, 0.4) is 0 Å². The van der Waals surface area contributed by atoms with E-state index in [4.69, 9.17) is 5.73 Å². The molecule has 0 aromatic heterocycles. The Hall–Kier alpha value is -0.380. The zero-order chi connectivity index (χ0) is 12.8. The fourth-order valence-corrected chi connectivity index (χ4v) is 2.50. The molecule has 0 aliphatic carbocycles. The average Bonchev–Trinajstić information content (AvgIpc) is 2.25. The number of nitrogens with zero attached hydrogens (tertiary/aromatic N) is 1. The Morgan fingerprint density at radius 3 is 2.59 bits per heavy atom. The summed E-state index contributed by atoms with van der Waals surface area (Å²) in [4.78, 5) is 2.35. The summed E-state index contributed by atoms with van der Waals surface area (Å²) < 4.78 is 1.14. The summed E-state index contributed by atoms with van der Waals surface area (Å²) >= 11 is 3.50. The van der Waals surface area contributed by atoms with Gasteiger partial charge in [-0.3, -0.25) is 4.90 Å². The standard InChI is InChI=1S/C14H23BrN2/c1-11(2)7-14(9-16)17(3)10-12-5-4-6-13(15)8-12/h4-6,8,11,14H,7,9-10,16H2,1-3H3. The minimum Gasteiger partial charge on any atom is -0.329 e. The van der Waals surface area contributed by atoms with E-state index in [1.54, 1.807) is 0 Å². The van der Waals surface area contributed by atoms with E-state index in [0.717, 1.165) is 24.0 Å². The first kappa shape index (κ1) is 14.7. The van der Waals surface area contributed by atoms with Crippen molar-refractivity contribution < 1.29 is 0 Å². The topological polar surface area (TPSA) is 29.3 Å². The summed E-state index contributed by atoms with van der Waals surface area (Å²) in [6.07, 6.45) is 1.15. The highest BCUT2D eigenvalue weighted by molar-refractivity contribution is 9.10. The van der Waals surface area contributed by atoms with E-state index in [1.807, 2.05) is 0 Å². The third-order valence-corrected chi connectivity index (χ3v) is 3.45. The molecule has 1 aromatic rings. The maximum absolute atomic E-state index is 5.85. The monoisotopic (exact) mass is 298 g/mol. The molecule has 2 N–H and O–H groups in total. The summed E-state index contributed by atoms with van der Waals surface area (Å²) in [7, 11) is 2.15. The molecule has 0 radical (unpaired) electrons. The van der Waals surface area contributed by atoms with Gasteiger partial charge in [0.2, 0.25) is 0 Å². The first-order valence-electron chi connectivity index (χ1n) is 6.17. The molecule has 0 aliphatic heterocycles. The second-order valence-corrected chi connectivity index (χ2v) is 5.98. The molecule has 17 heavy (non-hydrogen) atoms. The van der Waals surface area contributed by atoms with E-state index in [2.05, 4.69) is 66.0 Å². The normalized spacial score (nSPS) is 13.4.